The number of nitrogens with zero attached hydrogens (tertiary/aromatic N) is 2. The Morgan fingerprint density at radius 3 is 2.73 bits per heavy atom. The molecule has 3 aliphatic rings. The van der Waals surface area contributed by atoms with Crippen LogP contribution in [0.3, 0.4) is 0 Å². The van der Waals surface area contributed by atoms with Crippen LogP contribution in [0.4, 0.5) is 0 Å². The molecule has 4 nitrogen and oxygen atoms in total. The predicted octanol–water partition coefficient (Wildman–Crippen LogP) is 1.74. The van der Waals surface area contributed by atoms with E-state index >= 15 is 0 Å². The summed E-state index contributed by atoms with van der Waals surface area (Å²) in [5, 5.41) is 3.22. The molecule has 4 heteroatoms. The number of carbonyl (C=O) groups excluding carboxylic acids is 1. The van der Waals surface area contributed by atoms with Gasteiger partial charge in [-0.3, -0.25) is 4.79 Å². The Bertz CT molecular complexity index is 762. The number of rotatable bonds is 2. The molecular formula is C18H19N3O. The maximum atomic E-state index is 12.6. The van der Waals surface area contributed by atoms with Gasteiger partial charge in [0.1, 0.15) is 0 Å². The molecule has 2 aromatic rings. The summed E-state index contributed by atoms with van der Waals surface area (Å²) in [5.74, 6) is 3.30. The lowest BCUT2D eigenvalue weighted by Crippen LogP contribution is -2.57. The van der Waals surface area contributed by atoms with E-state index in [2.05, 4.69) is 16.1 Å². The average Bonchev–Trinajstić information content (AvgIpc) is 2.98. The Kier molecular flexibility index (Phi) is 3.16. The molecule has 0 aliphatic carbocycles. The predicted molar refractivity (Wildman–Crippen MR) is 85.8 cm³/mol. The van der Waals surface area contributed by atoms with Crippen LogP contribution in [0.1, 0.15) is 28.8 Å². The minimum atomic E-state index is 0.00502. The van der Waals surface area contributed by atoms with Gasteiger partial charge in [-0.25, -0.2) is 0 Å². The molecule has 3 saturated heterocycles. The molecule has 5 heterocycles. The molecule has 3 aliphatic heterocycles. The summed E-state index contributed by atoms with van der Waals surface area (Å²) in [7, 11) is 0. The van der Waals surface area contributed by atoms with Gasteiger partial charge in [0.05, 0.1) is 5.52 Å². The van der Waals surface area contributed by atoms with E-state index < -0.39 is 0 Å². The summed E-state index contributed by atoms with van der Waals surface area (Å²) < 4.78 is 1.94. The highest BCUT2D eigenvalue weighted by molar-refractivity contribution is 5.95. The molecule has 3 fully saturated rings. The quantitative estimate of drug-likeness (QED) is 0.856. The van der Waals surface area contributed by atoms with Gasteiger partial charge in [-0.05, 0) is 50.0 Å². The van der Waals surface area contributed by atoms with Gasteiger partial charge < -0.3 is 14.6 Å². The van der Waals surface area contributed by atoms with Crippen molar-refractivity contribution >= 4 is 11.4 Å². The van der Waals surface area contributed by atoms with Gasteiger partial charge in [-0.1, -0.05) is 5.92 Å². The first kappa shape index (κ1) is 13.4. The number of fused-ring (bicyclic) bond motifs is 4. The zero-order valence-corrected chi connectivity index (χ0v) is 12.5. The maximum absolute atomic E-state index is 12.6. The number of carbonyl (C=O) groups is 1. The third-order valence-corrected chi connectivity index (χ3v) is 5.05. The van der Waals surface area contributed by atoms with Crippen molar-refractivity contribution in [3.8, 4) is 12.3 Å². The van der Waals surface area contributed by atoms with Crippen LogP contribution in [0, 0.1) is 18.3 Å². The van der Waals surface area contributed by atoms with Crippen molar-refractivity contribution in [3.63, 3.8) is 0 Å². The molecule has 1 unspecified atom stereocenters. The second-order valence-electron chi connectivity index (χ2n) is 6.30. The van der Waals surface area contributed by atoms with Crippen molar-refractivity contribution < 1.29 is 4.79 Å². The number of terminal acetylenes is 1. The second-order valence-corrected chi connectivity index (χ2v) is 6.30. The topological polar surface area (TPSA) is 36.8 Å². The molecular weight excluding hydrogens is 274 g/mol. The molecule has 0 aromatic carbocycles. The van der Waals surface area contributed by atoms with Crippen LogP contribution in [0.5, 0.6) is 0 Å². The van der Waals surface area contributed by atoms with Crippen molar-refractivity contribution in [2.24, 2.45) is 5.92 Å². The third kappa shape index (κ3) is 2.18. The largest absolute Gasteiger partial charge is 0.348 e. The van der Waals surface area contributed by atoms with Crippen molar-refractivity contribution in [2.45, 2.75) is 18.9 Å². The summed E-state index contributed by atoms with van der Waals surface area (Å²) >= 11 is 0. The van der Waals surface area contributed by atoms with E-state index in [0.717, 1.165) is 17.6 Å². The van der Waals surface area contributed by atoms with Gasteiger partial charge >= 0.3 is 0 Å². The van der Waals surface area contributed by atoms with E-state index in [1.807, 2.05) is 35.0 Å². The number of hydrogen-bond acceptors (Lipinski definition) is 2. The van der Waals surface area contributed by atoms with E-state index in [4.69, 9.17) is 6.42 Å². The monoisotopic (exact) mass is 293 g/mol. The van der Waals surface area contributed by atoms with Crippen molar-refractivity contribution in [1.29, 1.82) is 0 Å². The normalized spacial score (nSPS) is 26.8. The highest BCUT2D eigenvalue weighted by atomic mass is 16.1. The van der Waals surface area contributed by atoms with E-state index in [0.29, 0.717) is 11.5 Å². The van der Waals surface area contributed by atoms with Crippen LogP contribution in [-0.2, 0) is 0 Å². The smallest absolute Gasteiger partial charge is 0.251 e. The summed E-state index contributed by atoms with van der Waals surface area (Å²) in [6, 6.07) is 5.91. The van der Waals surface area contributed by atoms with Crippen LogP contribution in [0.25, 0.3) is 5.52 Å². The highest BCUT2D eigenvalue weighted by Gasteiger charge is 2.34. The Balaban J connectivity index is 1.56. The van der Waals surface area contributed by atoms with E-state index in [1.54, 1.807) is 0 Å². The van der Waals surface area contributed by atoms with Crippen LogP contribution >= 0.6 is 0 Å². The van der Waals surface area contributed by atoms with Crippen LogP contribution in [0.15, 0.2) is 30.6 Å². The molecule has 1 N–H and O–H groups in total. The summed E-state index contributed by atoms with van der Waals surface area (Å²) in [6.45, 7) is 3.34. The number of nitrogens with one attached hydrogen (secondary N) is 1. The fraction of sp³-hybridized carbons (Fsp3) is 0.389. The van der Waals surface area contributed by atoms with Crippen molar-refractivity contribution in [3.05, 3.63) is 41.7 Å². The van der Waals surface area contributed by atoms with Gasteiger partial charge in [-0.2, -0.15) is 0 Å². The molecule has 0 radical (unpaired) electrons. The van der Waals surface area contributed by atoms with Gasteiger partial charge in [0.2, 0.25) is 0 Å². The molecule has 1 atom stereocenters. The Labute approximate surface area is 130 Å². The zero-order chi connectivity index (χ0) is 15.1. The summed E-state index contributed by atoms with van der Waals surface area (Å²) in [5.41, 5.74) is 2.40. The molecule has 1 amide bonds. The van der Waals surface area contributed by atoms with Gasteiger partial charge in [0.15, 0.2) is 0 Å². The third-order valence-electron chi connectivity index (χ3n) is 5.05. The van der Waals surface area contributed by atoms with Gasteiger partial charge in [-0.15, -0.1) is 6.42 Å². The zero-order valence-electron chi connectivity index (χ0n) is 12.5. The molecule has 2 bridgehead atoms. The Morgan fingerprint density at radius 2 is 2.05 bits per heavy atom. The molecule has 22 heavy (non-hydrogen) atoms. The van der Waals surface area contributed by atoms with Crippen LogP contribution in [-0.4, -0.2) is 40.9 Å². The lowest BCUT2D eigenvalue weighted by molar-refractivity contribution is 0.0620. The minimum Gasteiger partial charge on any atom is -0.348 e. The highest BCUT2D eigenvalue weighted by Crippen LogP contribution is 2.27. The van der Waals surface area contributed by atoms with Crippen LogP contribution < -0.4 is 5.32 Å². The Morgan fingerprint density at radius 1 is 1.27 bits per heavy atom. The minimum absolute atomic E-state index is 0.00502. The van der Waals surface area contributed by atoms with Crippen molar-refractivity contribution in [2.75, 3.05) is 19.6 Å². The molecule has 2 aromatic heterocycles. The maximum Gasteiger partial charge on any atom is 0.251 e. The SMILES string of the molecule is C#Cc1ccn2ccc(C(=O)NC3CN4CCC3CC4)cc12. The first-order valence-electron chi connectivity index (χ1n) is 7.85. The molecule has 0 spiro atoms. The Hall–Kier alpha value is -2.25. The fourth-order valence-electron chi connectivity index (χ4n) is 3.74. The standard InChI is InChI=1S/C18H19N3O/c1-2-13-5-9-21-10-6-15(11-17(13)21)18(22)19-16-12-20-7-3-14(16)4-8-20/h1,5-6,9-11,14,16H,3-4,7-8,12H2,(H,19,22). The average molecular weight is 293 g/mol. The first-order chi connectivity index (χ1) is 10.7. The fourth-order valence-corrected chi connectivity index (χ4v) is 3.74. The van der Waals surface area contributed by atoms with E-state index in [1.165, 1.54) is 25.9 Å². The number of hydrogen-bond donors (Lipinski definition) is 1. The number of aromatic nitrogens is 1. The first-order valence-corrected chi connectivity index (χ1v) is 7.85. The molecule has 112 valence electrons. The van der Waals surface area contributed by atoms with E-state index in [9.17, 15) is 4.79 Å². The lowest BCUT2D eigenvalue weighted by atomic mass is 9.84. The van der Waals surface area contributed by atoms with Gasteiger partial charge in [0, 0.05) is 36.1 Å². The number of pyridine rings is 1. The summed E-state index contributed by atoms with van der Waals surface area (Å²) in [4.78, 5) is 15.0. The lowest BCUT2D eigenvalue weighted by Gasteiger charge is -2.44. The van der Waals surface area contributed by atoms with Gasteiger partial charge in [0.25, 0.3) is 5.91 Å². The molecule has 5 rings (SSSR count). The second kappa shape index (κ2) is 5.19. The van der Waals surface area contributed by atoms with Crippen LogP contribution in [0.2, 0.25) is 0 Å². The van der Waals surface area contributed by atoms with Crippen molar-refractivity contribution in [1.82, 2.24) is 14.6 Å². The summed E-state index contributed by atoms with van der Waals surface area (Å²) in [6.07, 6.45) is 11.7. The van der Waals surface area contributed by atoms with E-state index in [-0.39, 0.29) is 11.9 Å². The number of piperidine rings is 3. The molecule has 0 saturated carbocycles. The number of amides is 1.